The number of amides is 3. The molecule has 0 saturated carbocycles. The lowest BCUT2D eigenvalue weighted by Crippen LogP contribution is -2.59. The molecular formula is C42H54N4O7. The maximum Gasteiger partial charge on any atom is 0.313 e. The maximum atomic E-state index is 15.1. The van der Waals surface area contributed by atoms with Gasteiger partial charge in [-0.2, -0.15) is 0 Å². The van der Waals surface area contributed by atoms with E-state index in [0.29, 0.717) is 24.1 Å². The summed E-state index contributed by atoms with van der Waals surface area (Å²) in [5, 5.41) is 10.8. The van der Waals surface area contributed by atoms with Crippen LogP contribution in [0.4, 0.5) is 11.4 Å². The molecule has 11 heteroatoms. The number of carbonyl (C=O) groups is 4. The molecule has 0 aliphatic carbocycles. The monoisotopic (exact) mass is 726 g/mol. The van der Waals surface area contributed by atoms with Crippen molar-refractivity contribution in [3.05, 3.63) is 84.5 Å². The van der Waals surface area contributed by atoms with Crippen LogP contribution in [-0.2, 0) is 28.7 Å². The number of allylic oxidation sites excluding steroid dienone is 1. The number of rotatable bonds is 9. The Hall–Kier alpha value is -4.48. The molecule has 4 aliphatic rings. The Kier molecular flexibility index (Phi) is 11.4. The summed E-state index contributed by atoms with van der Waals surface area (Å²) in [6.07, 6.45) is 6.77. The van der Waals surface area contributed by atoms with Crippen molar-refractivity contribution in [1.29, 1.82) is 0 Å². The fourth-order valence-electron chi connectivity index (χ4n) is 8.66. The van der Waals surface area contributed by atoms with Crippen molar-refractivity contribution in [2.75, 3.05) is 43.1 Å². The van der Waals surface area contributed by atoms with Crippen LogP contribution in [0.1, 0.15) is 65.5 Å². The first-order chi connectivity index (χ1) is 25.5. The molecule has 0 radical (unpaired) electrons. The zero-order valence-corrected chi connectivity index (χ0v) is 31.8. The molecule has 0 unspecified atom stereocenters. The summed E-state index contributed by atoms with van der Waals surface area (Å²) in [4.78, 5) is 65.1. The molecule has 4 aliphatic heterocycles. The number of cyclic esters (lactones) is 1. The average Bonchev–Trinajstić information content (AvgIpc) is 3.56. The van der Waals surface area contributed by atoms with E-state index >= 15 is 9.59 Å². The van der Waals surface area contributed by atoms with E-state index in [9.17, 15) is 14.7 Å². The smallest absolute Gasteiger partial charge is 0.313 e. The number of hydrogen-bond acceptors (Lipinski definition) is 8. The van der Waals surface area contributed by atoms with Gasteiger partial charge in [0.25, 0.3) is 5.91 Å². The summed E-state index contributed by atoms with van der Waals surface area (Å²) >= 11 is 0. The van der Waals surface area contributed by atoms with E-state index in [0.717, 1.165) is 18.8 Å². The maximum absolute atomic E-state index is 15.1. The van der Waals surface area contributed by atoms with E-state index in [4.69, 9.17) is 9.47 Å². The van der Waals surface area contributed by atoms with E-state index in [1.54, 1.807) is 29.0 Å². The van der Waals surface area contributed by atoms with Gasteiger partial charge in [-0.25, -0.2) is 0 Å². The quantitative estimate of drug-likeness (QED) is 0.286. The van der Waals surface area contributed by atoms with Crippen LogP contribution in [0.5, 0.6) is 0 Å². The number of benzene rings is 2. The van der Waals surface area contributed by atoms with Crippen molar-refractivity contribution >= 4 is 35.1 Å². The van der Waals surface area contributed by atoms with Gasteiger partial charge in [-0.15, -0.1) is 0 Å². The first kappa shape index (κ1) is 38.3. The van der Waals surface area contributed by atoms with Gasteiger partial charge in [0, 0.05) is 44.5 Å². The van der Waals surface area contributed by atoms with Crippen LogP contribution < -0.4 is 9.80 Å². The standard InChI is InChI=1S/C42H54N4O7/c1-7-27(4)32(26-47)46-38-40(50)45(31-22-20-30(21-23-31)44(8-2)9-3)25-15-24-42(38)36(39(46)49)35-33(53-42)18-13-14-19-34(48)43(6)28(5)37(52-41(35)51)29-16-11-10-12-17-29/h10-13,15-18,20-24,27-28,32-33,35-38,47H,7-9,14,19,25-26H2,1-6H3/b18-13-/t27-,28+,32-,33+,35-,36-,37-,38+,42-/m0/s1. The van der Waals surface area contributed by atoms with E-state index in [1.165, 1.54) is 4.90 Å². The molecule has 11 nitrogen and oxygen atoms in total. The molecule has 284 valence electrons. The van der Waals surface area contributed by atoms with Crippen LogP contribution in [0.2, 0.25) is 0 Å². The van der Waals surface area contributed by atoms with Crippen molar-refractivity contribution in [3.63, 3.8) is 0 Å². The summed E-state index contributed by atoms with van der Waals surface area (Å²) in [5.74, 6) is -3.86. The Morgan fingerprint density at radius 3 is 2.30 bits per heavy atom. The lowest BCUT2D eigenvalue weighted by atomic mass is 9.77. The predicted molar refractivity (Wildman–Crippen MR) is 203 cm³/mol. The Labute approximate surface area is 313 Å². The van der Waals surface area contributed by atoms with Crippen molar-refractivity contribution in [1.82, 2.24) is 9.80 Å². The molecule has 4 heterocycles. The van der Waals surface area contributed by atoms with E-state index in [2.05, 4.69) is 18.7 Å². The van der Waals surface area contributed by atoms with Gasteiger partial charge < -0.3 is 34.2 Å². The zero-order chi connectivity index (χ0) is 38.0. The van der Waals surface area contributed by atoms with E-state index in [1.807, 2.05) is 87.5 Å². The fraction of sp³-hybridized carbons (Fsp3) is 0.524. The number of carbonyl (C=O) groups excluding carboxylic acids is 4. The van der Waals surface area contributed by atoms with Gasteiger partial charge in [-0.1, -0.05) is 74.9 Å². The zero-order valence-electron chi connectivity index (χ0n) is 31.8. The second-order valence-corrected chi connectivity index (χ2v) is 14.7. The van der Waals surface area contributed by atoms with E-state index < -0.39 is 59.6 Å². The highest BCUT2D eigenvalue weighted by molar-refractivity contribution is 6.05. The van der Waals surface area contributed by atoms with Gasteiger partial charge in [0.2, 0.25) is 11.8 Å². The number of nitrogens with zero attached hydrogens (tertiary/aromatic N) is 4. The minimum atomic E-state index is -1.52. The summed E-state index contributed by atoms with van der Waals surface area (Å²) in [6.45, 7) is 11.5. The Balaban J connectivity index is 1.46. The first-order valence-corrected chi connectivity index (χ1v) is 19.1. The van der Waals surface area contributed by atoms with Crippen LogP contribution >= 0.6 is 0 Å². The molecule has 6 rings (SSSR count). The minimum Gasteiger partial charge on any atom is -0.455 e. The van der Waals surface area contributed by atoms with Gasteiger partial charge >= 0.3 is 5.97 Å². The molecule has 53 heavy (non-hydrogen) atoms. The predicted octanol–water partition coefficient (Wildman–Crippen LogP) is 4.90. The third kappa shape index (κ3) is 6.78. The van der Waals surface area contributed by atoms with Crippen molar-refractivity contribution < 1.29 is 33.8 Å². The van der Waals surface area contributed by atoms with Gasteiger partial charge in [0.15, 0.2) is 0 Å². The van der Waals surface area contributed by atoms with E-state index in [-0.39, 0.29) is 37.3 Å². The molecule has 1 spiro atoms. The average molecular weight is 727 g/mol. The van der Waals surface area contributed by atoms with Crippen LogP contribution in [0.15, 0.2) is 78.9 Å². The number of likely N-dealkylation sites (N-methyl/N-ethyl adjacent to an activating group) is 1. The molecule has 1 N–H and O–H groups in total. The van der Waals surface area contributed by atoms with Crippen LogP contribution in [0.25, 0.3) is 0 Å². The third-order valence-electron chi connectivity index (χ3n) is 12.0. The molecule has 0 bridgehead atoms. The number of hydrogen-bond donors (Lipinski definition) is 1. The summed E-state index contributed by atoms with van der Waals surface area (Å²) in [6, 6.07) is 14.7. The fourth-order valence-corrected chi connectivity index (χ4v) is 8.66. The topological polar surface area (TPSA) is 120 Å². The van der Waals surface area contributed by atoms with Crippen LogP contribution in [-0.4, -0.2) is 102 Å². The Morgan fingerprint density at radius 2 is 1.66 bits per heavy atom. The second-order valence-electron chi connectivity index (χ2n) is 14.7. The number of aliphatic hydroxyl groups is 1. The lowest BCUT2D eigenvalue weighted by Gasteiger charge is -2.40. The number of esters is 1. The SMILES string of the molecule is CC[C@H](C)[C@H](CO)N1C(=O)[C@@H]2[C@H]3C(=O)O[C@H](c4ccccc4)[C@@H](C)N(C)C(=O)CC/C=C\[C@H]3O[C@@]23C=CCN(c2ccc(N(CC)CC)cc2)C(=O)[C@@H]13. The normalized spacial score (nSPS) is 30.7. The number of ether oxygens (including phenoxy) is 2. The minimum absolute atomic E-state index is 0.0902. The summed E-state index contributed by atoms with van der Waals surface area (Å²) in [7, 11) is 1.71. The second kappa shape index (κ2) is 15.9. The molecule has 2 saturated heterocycles. The van der Waals surface area contributed by atoms with Crippen LogP contribution in [0.3, 0.4) is 0 Å². The molecule has 2 aromatic carbocycles. The Bertz CT molecular complexity index is 1710. The highest BCUT2D eigenvalue weighted by atomic mass is 16.6. The molecule has 0 aromatic heterocycles. The van der Waals surface area contributed by atoms with Crippen molar-refractivity contribution in [2.24, 2.45) is 17.8 Å². The lowest BCUT2D eigenvalue weighted by molar-refractivity contribution is -0.164. The van der Waals surface area contributed by atoms with Gasteiger partial charge in [-0.3, -0.25) is 19.2 Å². The molecule has 2 aromatic rings. The third-order valence-corrected chi connectivity index (χ3v) is 12.0. The highest BCUT2D eigenvalue weighted by Crippen LogP contribution is 2.54. The highest BCUT2D eigenvalue weighted by Gasteiger charge is 2.73. The summed E-state index contributed by atoms with van der Waals surface area (Å²) in [5.41, 5.74) is 0.903. The Morgan fingerprint density at radius 1 is 0.962 bits per heavy atom. The number of likely N-dealkylation sites (tertiary alicyclic amines) is 1. The van der Waals surface area contributed by atoms with Gasteiger partial charge in [0.1, 0.15) is 23.7 Å². The van der Waals surface area contributed by atoms with Crippen molar-refractivity contribution in [2.45, 2.75) is 89.8 Å². The van der Waals surface area contributed by atoms with Crippen LogP contribution in [0, 0.1) is 17.8 Å². The number of fused-ring (bicyclic) bond motifs is 2. The largest absolute Gasteiger partial charge is 0.455 e. The molecule has 3 amide bonds. The van der Waals surface area contributed by atoms with Gasteiger partial charge in [-0.05, 0) is 62.9 Å². The number of aliphatic hydroxyl groups excluding tert-OH is 1. The molecule has 9 atom stereocenters. The molecular weight excluding hydrogens is 672 g/mol. The molecule has 2 fully saturated rings. The van der Waals surface area contributed by atoms with Crippen molar-refractivity contribution in [3.8, 4) is 0 Å². The summed E-state index contributed by atoms with van der Waals surface area (Å²) < 4.78 is 13.3. The number of anilines is 2. The van der Waals surface area contributed by atoms with Gasteiger partial charge in [0.05, 0.1) is 30.7 Å². The first-order valence-electron chi connectivity index (χ1n) is 19.1.